The van der Waals surface area contributed by atoms with E-state index in [0.29, 0.717) is 29.9 Å². The zero-order chi connectivity index (χ0) is 19.8. The van der Waals surface area contributed by atoms with Crippen LogP contribution in [0.1, 0.15) is 11.4 Å². The number of rotatable bonds is 9. The Bertz CT molecular complexity index is 900. The number of halogens is 1. The Balaban J connectivity index is 1.42. The molecule has 0 aliphatic carbocycles. The maximum atomic E-state index is 12.0. The van der Waals surface area contributed by atoms with Gasteiger partial charge >= 0.3 is 0 Å². The lowest BCUT2D eigenvalue weighted by Gasteiger charge is -2.07. The van der Waals surface area contributed by atoms with Crippen molar-refractivity contribution in [3.8, 4) is 5.75 Å². The van der Waals surface area contributed by atoms with Crippen LogP contribution in [0.15, 0.2) is 64.2 Å². The van der Waals surface area contributed by atoms with E-state index in [0.717, 1.165) is 16.6 Å². The molecule has 1 heterocycles. The summed E-state index contributed by atoms with van der Waals surface area (Å²) in [6, 6.07) is 17.7. The Labute approximate surface area is 176 Å². The largest absolute Gasteiger partial charge is 0.486 e. The van der Waals surface area contributed by atoms with E-state index in [-0.39, 0.29) is 5.91 Å². The number of hydrogen-bond acceptors (Lipinski definition) is 5. The smallest absolute Gasteiger partial charge is 0.230 e. The van der Waals surface area contributed by atoms with Crippen molar-refractivity contribution in [3.63, 3.8) is 0 Å². The van der Waals surface area contributed by atoms with Crippen LogP contribution in [0.25, 0.3) is 0 Å². The Kier molecular flexibility index (Phi) is 7.50. The van der Waals surface area contributed by atoms with Crippen molar-refractivity contribution >= 4 is 33.6 Å². The molecule has 146 valence electrons. The zero-order valence-electron chi connectivity index (χ0n) is 15.5. The van der Waals surface area contributed by atoms with E-state index in [1.165, 1.54) is 17.3 Å². The fourth-order valence-electron chi connectivity index (χ4n) is 2.45. The van der Waals surface area contributed by atoms with E-state index in [9.17, 15) is 4.79 Å². The lowest BCUT2D eigenvalue weighted by atomic mass is 10.1. The van der Waals surface area contributed by atoms with Gasteiger partial charge in [-0.15, -0.1) is 10.2 Å². The van der Waals surface area contributed by atoms with Gasteiger partial charge in [-0.2, -0.15) is 0 Å². The summed E-state index contributed by atoms with van der Waals surface area (Å²) in [5, 5.41) is 11.9. The minimum atomic E-state index is -0.0170. The molecular weight excluding hydrogens is 440 g/mol. The van der Waals surface area contributed by atoms with Crippen molar-refractivity contribution in [2.24, 2.45) is 7.05 Å². The lowest BCUT2D eigenvalue weighted by molar-refractivity contribution is -0.118. The van der Waals surface area contributed by atoms with Gasteiger partial charge in [0.25, 0.3) is 0 Å². The average molecular weight is 461 g/mol. The number of aromatic nitrogens is 3. The highest BCUT2D eigenvalue weighted by Crippen LogP contribution is 2.19. The third kappa shape index (κ3) is 6.10. The average Bonchev–Trinajstić information content (AvgIpc) is 3.06. The number of carbonyl (C=O) groups is 1. The summed E-state index contributed by atoms with van der Waals surface area (Å²) in [5.74, 6) is 1.75. The fourth-order valence-corrected chi connectivity index (χ4v) is 3.47. The van der Waals surface area contributed by atoms with E-state index >= 15 is 0 Å². The van der Waals surface area contributed by atoms with Crippen LogP contribution in [-0.2, 0) is 24.9 Å². The second-order valence-corrected chi connectivity index (χ2v) is 7.93. The highest BCUT2D eigenvalue weighted by atomic mass is 79.9. The quantitative estimate of drug-likeness (QED) is 0.493. The predicted molar refractivity (Wildman–Crippen MR) is 113 cm³/mol. The molecule has 0 saturated carbocycles. The van der Waals surface area contributed by atoms with Crippen LogP contribution in [0.3, 0.4) is 0 Å². The summed E-state index contributed by atoms with van der Waals surface area (Å²) in [6.07, 6.45) is 0.818. The maximum Gasteiger partial charge on any atom is 0.230 e. The molecule has 0 fully saturated rings. The summed E-state index contributed by atoms with van der Waals surface area (Å²) in [5.41, 5.74) is 1.21. The van der Waals surface area contributed by atoms with E-state index in [4.69, 9.17) is 4.74 Å². The highest BCUT2D eigenvalue weighted by Gasteiger charge is 2.12. The van der Waals surface area contributed by atoms with E-state index < -0.39 is 0 Å². The molecule has 0 spiro atoms. The third-order valence-electron chi connectivity index (χ3n) is 4.02. The third-order valence-corrected chi connectivity index (χ3v) is 5.57. The SMILES string of the molecule is Cn1c(COc2ccc(Br)cc2)nnc1SCC(=O)NCCc1ccccc1. The Hall–Kier alpha value is -2.32. The van der Waals surface area contributed by atoms with Crippen molar-refractivity contribution in [1.82, 2.24) is 20.1 Å². The minimum Gasteiger partial charge on any atom is -0.486 e. The number of nitrogens with one attached hydrogen (secondary N) is 1. The first-order valence-electron chi connectivity index (χ1n) is 8.82. The molecule has 0 radical (unpaired) electrons. The highest BCUT2D eigenvalue weighted by molar-refractivity contribution is 9.10. The van der Waals surface area contributed by atoms with Crippen LogP contribution in [0, 0.1) is 0 Å². The van der Waals surface area contributed by atoms with Crippen LogP contribution in [-0.4, -0.2) is 33.0 Å². The van der Waals surface area contributed by atoms with Crippen LogP contribution in [0.5, 0.6) is 5.75 Å². The standard InChI is InChI=1S/C20H21BrN4O2S/c1-25-18(13-27-17-9-7-16(21)8-10-17)23-24-20(25)28-14-19(26)22-12-11-15-5-3-2-4-6-15/h2-10H,11-14H2,1H3,(H,22,26). The number of nitrogens with zero attached hydrogens (tertiary/aromatic N) is 3. The molecule has 2 aromatic carbocycles. The molecule has 3 aromatic rings. The molecule has 1 aromatic heterocycles. The summed E-state index contributed by atoms with van der Waals surface area (Å²) in [4.78, 5) is 12.0. The molecule has 0 bridgehead atoms. The second kappa shape index (κ2) is 10.3. The first-order chi connectivity index (χ1) is 13.6. The van der Waals surface area contributed by atoms with Crippen LogP contribution in [0.4, 0.5) is 0 Å². The van der Waals surface area contributed by atoms with Crippen LogP contribution >= 0.6 is 27.7 Å². The van der Waals surface area contributed by atoms with Gasteiger partial charge in [0.05, 0.1) is 5.75 Å². The summed E-state index contributed by atoms with van der Waals surface area (Å²) in [6.45, 7) is 0.934. The molecule has 0 aliphatic heterocycles. The van der Waals surface area contributed by atoms with Crippen LogP contribution < -0.4 is 10.1 Å². The second-order valence-electron chi connectivity index (χ2n) is 6.07. The van der Waals surface area contributed by atoms with Gasteiger partial charge in [0, 0.05) is 18.1 Å². The fraction of sp³-hybridized carbons (Fsp3) is 0.250. The van der Waals surface area contributed by atoms with Crippen molar-refractivity contribution in [2.75, 3.05) is 12.3 Å². The Morgan fingerprint density at radius 2 is 1.89 bits per heavy atom. The molecule has 6 nitrogen and oxygen atoms in total. The van der Waals surface area contributed by atoms with Gasteiger partial charge in [0.15, 0.2) is 11.0 Å². The molecule has 28 heavy (non-hydrogen) atoms. The lowest BCUT2D eigenvalue weighted by Crippen LogP contribution is -2.27. The molecular formula is C20H21BrN4O2S. The molecule has 0 aliphatic rings. The molecule has 8 heteroatoms. The maximum absolute atomic E-state index is 12.0. The molecule has 1 amide bonds. The number of benzene rings is 2. The molecule has 0 atom stereocenters. The van der Waals surface area contributed by atoms with Crippen molar-refractivity contribution in [1.29, 1.82) is 0 Å². The van der Waals surface area contributed by atoms with E-state index in [1.54, 1.807) is 0 Å². The Morgan fingerprint density at radius 3 is 2.64 bits per heavy atom. The van der Waals surface area contributed by atoms with Gasteiger partial charge in [-0.25, -0.2) is 0 Å². The minimum absolute atomic E-state index is 0.0170. The van der Waals surface area contributed by atoms with Crippen LogP contribution in [0.2, 0.25) is 0 Å². The number of thioether (sulfide) groups is 1. The van der Waals surface area contributed by atoms with Gasteiger partial charge in [-0.05, 0) is 36.2 Å². The molecule has 0 unspecified atom stereocenters. The first-order valence-corrected chi connectivity index (χ1v) is 10.6. The Morgan fingerprint density at radius 1 is 1.14 bits per heavy atom. The topological polar surface area (TPSA) is 69.0 Å². The van der Waals surface area contributed by atoms with E-state index in [1.807, 2.05) is 54.1 Å². The zero-order valence-corrected chi connectivity index (χ0v) is 17.9. The molecule has 0 saturated heterocycles. The number of amides is 1. The molecule has 1 N–H and O–H groups in total. The number of hydrogen-bond donors (Lipinski definition) is 1. The van der Waals surface area contributed by atoms with E-state index in [2.05, 4.69) is 43.6 Å². The van der Waals surface area contributed by atoms with Gasteiger partial charge in [-0.3, -0.25) is 4.79 Å². The predicted octanol–water partition coefficient (Wildman–Crippen LogP) is 3.61. The molecule has 3 rings (SSSR count). The van der Waals surface area contributed by atoms with Crippen molar-refractivity contribution in [2.45, 2.75) is 18.2 Å². The van der Waals surface area contributed by atoms with Crippen molar-refractivity contribution < 1.29 is 9.53 Å². The summed E-state index contributed by atoms with van der Waals surface area (Å²) < 4.78 is 8.58. The number of ether oxygens (including phenoxy) is 1. The van der Waals surface area contributed by atoms with Crippen molar-refractivity contribution in [3.05, 3.63) is 70.5 Å². The monoisotopic (exact) mass is 460 g/mol. The van der Waals surface area contributed by atoms with Gasteiger partial charge in [0.2, 0.25) is 5.91 Å². The number of carbonyl (C=O) groups excluding carboxylic acids is 1. The normalized spacial score (nSPS) is 10.6. The van der Waals surface area contributed by atoms with Gasteiger partial charge in [-0.1, -0.05) is 58.0 Å². The first kappa shape index (κ1) is 20.4. The van der Waals surface area contributed by atoms with Gasteiger partial charge in [0.1, 0.15) is 12.4 Å². The summed E-state index contributed by atoms with van der Waals surface area (Å²) in [7, 11) is 1.87. The summed E-state index contributed by atoms with van der Waals surface area (Å²) >= 11 is 4.76. The van der Waals surface area contributed by atoms with Gasteiger partial charge < -0.3 is 14.6 Å².